The van der Waals surface area contributed by atoms with E-state index in [1.807, 2.05) is 6.92 Å². The second kappa shape index (κ2) is 9.33. The lowest BCUT2D eigenvalue weighted by Gasteiger charge is -2.27. The Hall–Kier alpha value is -2.24. The van der Waals surface area contributed by atoms with Gasteiger partial charge in [-0.3, -0.25) is 4.57 Å². The molecule has 194 valence electrons. The molecule has 2 amide bonds. The zero-order valence-corrected chi connectivity index (χ0v) is 22.4. The van der Waals surface area contributed by atoms with Gasteiger partial charge in [0.1, 0.15) is 16.7 Å². The molecule has 2 aromatic heterocycles. The maximum absolute atomic E-state index is 15.5. The molecule has 0 spiro atoms. The molecule has 1 aliphatic heterocycles. The van der Waals surface area contributed by atoms with Crippen LogP contribution in [0.15, 0.2) is 6.33 Å². The lowest BCUT2D eigenvalue weighted by molar-refractivity contribution is -0.0271. The smallest absolute Gasteiger partial charge is 0.427 e. The summed E-state index contributed by atoms with van der Waals surface area (Å²) in [5, 5.41) is -2.46. The largest absolute Gasteiger partial charge is 0.443 e. The minimum absolute atomic E-state index is 0.00810. The highest BCUT2D eigenvalue weighted by atomic mass is 35.5. The molecule has 10 nitrogen and oxygen atoms in total. The number of carbonyl (C=O) groups is 2. The van der Waals surface area contributed by atoms with Crippen LogP contribution in [0.5, 0.6) is 0 Å². The number of imide groups is 1. The number of rotatable bonds is 3. The molecule has 0 aliphatic carbocycles. The van der Waals surface area contributed by atoms with Gasteiger partial charge >= 0.3 is 12.2 Å². The van der Waals surface area contributed by atoms with Crippen LogP contribution in [0.25, 0.3) is 11.2 Å². The zero-order valence-electron chi connectivity index (χ0n) is 20.9. The third-order valence-corrected chi connectivity index (χ3v) is 5.97. The molecule has 1 saturated heterocycles. The number of fused-ring (bicyclic) bond motifs is 1. The number of amides is 2. The van der Waals surface area contributed by atoms with Crippen LogP contribution in [-0.2, 0) is 14.2 Å². The van der Waals surface area contributed by atoms with Gasteiger partial charge in [0.05, 0.1) is 12.4 Å². The average molecular weight is 534 g/mol. The Balaban J connectivity index is 2.14. The summed E-state index contributed by atoms with van der Waals surface area (Å²) in [6, 6.07) is 0. The summed E-state index contributed by atoms with van der Waals surface area (Å²) in [4.78, 5) is 39.0. The van der Waals surface area contributed by atoms with Gasteiger partial charge in [-0.25, -0.2) is 19.0 Å². The molecular weight excluding hydrogens is 504 g/mol. The van der Waals surface area contributed by atoms with Crippen molar-refractivity contribution in [3.8, 4) is 0 Å². The Morgan fingerprint density at radius 2 is 1.71 bits per heavy atom. The first-order chi connectivity index (χ1) is 16.0. The average Bonchev–Trinajstić information content (AvgIpc) is 3.18. The fourth-order valence-corrected chi connectivity index (χ4v) is 4.05. The second-order valence-electron chi connectivity index (χ2n) is 10.3. The topological polar surface area (TPSA) is 109 Å². The molecule has 1 unspecified atom stereocenters. The maximum Gasteiger partial charge on any atom is 0.427 e. The van der Waals surface area contributed by atoms with E-state index in [0.717, 1.165) is 0 Å². The van der Waals surface area contributed by atoms with Crippen molar-refractivity contribution in [3.63, 3.8) is 0 Å². The molecule has 4 atom stereocenters. The van der Waals surface area contributed by atoms with Gasteiger partial charge in [0, 0.05) is 5.92 Å². The number of nitrogens with zero attached hydrogens (tertiary/aromatic N) is 5. The zero-order chi connectivity index (χ0) is 26.5. The summed E-state index contributed by atoms with van der Waals surface area (Å²) in [5.74, 6) is -1.07. The fourth-order valence-electron chi connectivity index (χ4n) is 3.54. The van der Waals surface area contributed by atoms with E-state index in [9.17, 15) is 9.59 Å². The summed E-state index contributed by atoms with van der Waals surface area (Å²) < 4.78 is 33.4. The SMILES string of the molecule is CC[C@H]1O[C@@H](n2cnc3c(Cl)nc(N(C(=O)OC(C)(C)C)C(=O)OC(C)(C)C)nc32)C(F)(Cl)[C@H]1C. The quantitative estimate of drug-likeness (QED) is 0.348. The molecule has 0 saturated carbocycles. The molecule has 0 bridgehead atoms. The van der Waals surface area contributed by atoms with Gasteiger partial charge in [-0.05, 0) is 48.0 Å². The predicted octanol–water partition coefficient (Wildman–Crippen LogP) is 6.00. The van der Waals surface area contributed by atoms with Crippen LogP contribution in [0.2, 0.25) is 5.15 Å². The maximum atomic E-state index is 15.5. The summed E-state index contributed by atoms with van der Waals surface area (Å²) in [7, 11) is 0. The first kappa shape index (κ1) is 27.3. The van der Waals surface area contributed by atoms with Gasteiger partial charge in [-0.2, -0.15) is 9.97 Å². The standard InChI is InChI=1S/C22H30Cl2FN5O5/c1-9-12-11(2)22(24,25)16(33-12)29-10-26-13-14(23)27-17(28-15(13)29)30(18(31)34-20(3,4)5)19(32)35-21(6,7)8/h10-12,16H,9H2,1-8H3/t11-,12+,16+,22?/m0/s1. The van der Waals surface area contributed by atoms with E-state index in [1.54, 1.807) is 48.5 Å². The molecule has 3 heterocycles. The summed E-state index contributed by atoms with van der Waals surface area (Å²) in [6.45, 7) is 13.3. The molecule has 1 fully saturated rings. The minimum Gasteiger partial charge on any atom is -0.443 e. The molecule has 13 heteroatoms. The third kappa shape index (κ3) is 5.62. The number of hydrogen-bond donors (Lipinski definition) is 0. The molecule has 0 radical (unpaired) electrons. The lowest BCUT2D eigenvalue weighted by atomic mass is 9.99. The van der Waals surface area contributed by atoms with Gasteiger partial charge in [0.2, 0.25) is 11.1 Å². The van der Waals surface area contributed by atoms with Gasteiger partial charge in [0.15, 0.2) is 17.0 Å². The first-order valence-electron chi connectivity index (χ1n) is 11.2. The highest BCUT2D eigenvalue weighted by Crippen LogP contribution is 2.50. The number of ether oxygens (including phenoxy) is 3. The molecule has 0 aromatic carbocycles. The number of hydrogen-bond acceptors (Lipinski definition) is 8. The molecular formula is C22H30Cl2FN5O5. The molecule has 1 aliphatic rings. The van der Waals surface area contributed by atoms with E-state index >= 15 is 4.39 Å². The van der Waals surface area contributed by atoms with Crippen LogP contribution in [0, 0.1) is 5.92 Å². The van der Waals surface area contributed by atoms with Crippen molar-refractivity contribution in [2.45, 2.75) is 90.5 Å². The van der Waals surface area contributed by atoms with E-state index in [2.05, 4.69) is 15.0 Å². The van der Waals surface area contributed by atoms with Crippen molar-refractivity contribution in [2.75, 3.05) is 4.90 Å². The monoisotopic (exact) mass is 533 g/mol. The second-order valence-corrected chi connectivity index (χ2v) is 11.3. The van der Waals surface area contributed by atoms with Crippen LogP contribution in [0.3, 0.4) is 0 Å². The van der Waals surface area contributed by atoms with Crippen molar-refractivity contribution in [1.82, 2.24) is 19.5 Å². The number of aromatic nitrogens is 4. The van der Waals surface area contributed by atoms with Gasteiger partial charge < -0.3 is 14.2 Å². The van der Waals surface area contributed by atoms with Crippen molar-refractivity contribution < 1.29 is 28.2 Å². The lowest BCUT2D eigenvalue weighted by Crippen LogP contribution is -2.44. The highest BCUT2D eigenvalue weighted by Gasteiger charge is 2.55. The Morgan fingerprint density at radius 3 is 2.17 bits per heavy atom. The van der Waals surface area contributed by atoms with Gasteiger partial charge in [0.25, 0.3) is 0 Å². The van der Waals surface area contributed by atoms with E-state index in [-0.39, 0.29) is 16.3 Å². The summed E-state index contributed by atoms with van der Waals surface area (Å²) >= 11 is 12.6. The summed E-state index contributed by atoms with van der Waals surface area (Å²) in [5.41, 5.74) is -1.77. The minimum atomic E-state index is -2.28. The molecule has 2 aromatic rings. The number of imidazole rings is 1. The fraction of sp³-hybridized carbons (Fsp3) is 0.682. The Labute approximate surface area is 213 Å². The van der Waals surface area contributed by atoms with Gasteiger partial charge in [-0.1, -0.05) is 37.0 Å². The van der Waals surface area contributed by atoms with Crippen LogP contribution >= 0.6 is 23.2 Å². The van der Waals surface area contributed by atoms with Crippen molar-refractivity contribution in [1.29, 1.82) is 0 Å². The van der Waals surface area contributed by atoms with Crippen LogP contribution in [-0.4, -0.2) is 54.1 Å². The third-order valence-electron chi connectivity index (χ3n) is 5.17. The van der Waals surface area contributed by atoms with Gasteiger partial charge in [-0.15, -0.1) is 4.90 Å². The van der Waals surface area contributed by atoms with Crippen LogP contribution in [0.4, 0.5) is 19.9 Å². The van der Waals surface area contributed by atoms with Crippen molar-refractivity contribution in [2.24, 2.45) is 5.92 Å². The van der Waals surface area contributed by atoms with Crippen molar-refractivity contribution in [3.05, 3.63) is 11.5 Å². The number of alkyl halides is 2. The number of anilines is 1. The molecule has 35 heavy (non-hydrogen) atoms. The van der Waals surface area contributed by atoms with E-state index in [4.69, 9.17) is 37.4 Å². The Kier molecular flexibility index (Phi) is 7.29. The molecule has 3 rings (SSSR count). The normalized spacial score (nSPS) is 25.1. The Morgan fingerprint density at radius 1 is 1.17 bits per heavy atom. The summed E-state index contributed by atoms with van der Waals surface area (Å²) in [6.07, 6.45) is -2.09. The number of halogens is 3. The highest BCUT2D eigenvalue weighted by molar-refractivity contribution is 6.33. The van der Waals surface area contributed by atoms with Crippen molar-refractivity contribution >= 4 is 52.5 Å². The van der Waals surface area contributed by atoms with E-state index < -0.39 is 52.7 Å². The van der Waals surface area contributed by atoms with Crippen LogP contribution in [0.1, 0.15) is 68.0 Å². The number of carbonyl (C=O) groups excluding carboxylic acids is 2. The predicted molar refractivity (Wildman–Crippen MR) is 128 cm³/mol. The van der Waals surface area contributed by atoms with E-state index in [0.29, 0.717) is 11.3 Å². The van der Waals surface area contributed by atoms with E-state index in [1.165, 1.54) is 10.9 Å². The Bertz CT molecular complexity index is 1100. The molecule has 0 N–H and O–H groups in total. The first-order valence-corrected chi connectivity index (χ1v) is 11.9. The van der Waals surface area contributed by atoms with Crippen LogP contribution < -0.4 is 4.90 Å².